The van der Waals surface area contributed by atoms with Crippen molar-refractivity contribution in [2.24, 2.45) is 4.40 Å². The molecular formula is C25H22ClN3O3S2. The smallest absolute Gasteiger partial charge is 0.240 e. The molecule has 34 heavy (non-hydrogen) atoms. The number of fused-ring (bicyclic) bond motifs is 1. The van der Waals surface area contributed by atoms with Crippen LogP contribution in [0.2, 0.25) is 5.02 Å². The van der Waals surface area contributed by atoms with Gasteiger partial charge in [0.1, 0.15) is 11.0 Å². The molecule has 2 unspecified atom stereocenters. The van der Waals surface area contributed by atoms with Crippen LogP contribution >= 0.6 is 23.5 Å². The van der Waals surface area contributed by atoms with Gasteiger partial charge in [0.2, 0.25) is 10.0 Å². The van der Waals surface area contributed by atoms with Crippen LogP contribution in [0.4, 0.5) is 5.69 Å². The summed E-state index contributed by atoms with van der Waals surface area (Å²) in [6.07, 6.45) is 0.510. The first-order valence-electron chi connectivity index (χ1n) is 10.8. The number of rotatable bonds is 6. The molecule has 0 saturated heterocycles. The van der Waals surface area contributed by atoms with E-state index in [0.717, 1.165) is 16.8 Å². The first kappa shape index (κ1) is 23.1. The Labute approximate surface area is 208 Å². The van der Waals surface area contributed by atoms with Crippen LogP contribution in [0.25, 0.3) is 0 Å². The quantitative estimate of drug-likeness (QED) is 0.503. The summed E-state index contributed by atoms with van der Waals surface area (Å²) in [7, 11) is -3.68. The van der Waals surface area contributed by atoms with Gasteiger partial charge in [0.15, 0.2) is 5.78 Å². The lowest BCUT2D eigenvalue weighted by Gasteiger charge is -2.37. The van der Waals surface area contributed by atoms with Gasteiger partial charge in [0.05, 0.1) is 4.90 Å². The van der Waals surface area contributed by atoms with Gasteiger partial charge >= 0.3 is 0 Å². The fourth-order valence-corrected chi connectivity index (χ4v) is 6.65. The lowest BCUT2D eigenvalue weighted by Crippen LogP contribution is -2.50. The van der Waals surface area contributed by atoms with E-state index in [0.29, 0.717) is 30.2 Å². The van der Waals surface area contributed by atoms with Crippen molar-refractivity contribution >= 4 is 50.8 Å². The second kappa shape index (κ2) is 9.54. The molecule has 174 valence electrons. The number of hydrogen-bond acceptors (Lipinski definition) is 6. The molecule has 0 amide bonds. The van der Waals surface area contributed by atoms with Crippen molar-refractivity contribution in [3.05, 3.63) is 95.0 Å². The first-order chi connectivity index (χ1) is 16.4. The normalized spacial score (nSPS) is 20.2. The van der Waals surface area contributed by atoms with Crippen LogP contribution in [0.5, 0.6) is 0 Å². The van der Waals surface area contributed by atoms with E-state index in [9.17, 15) is 13.2 Å². The molecule has 0 bridgehead atoms. The van der Waals surface area contributed by atoms with Crippen LogP contribution in [0.15, 0.2) is 88.2 Å². The molecule has 6 nitrogen and oxygen atoms in total. The molecule has 5 rings (SSSR count). The number of anilines is 1. The van der Waals surface area contributed by atoms with E-state index < -0.39 is 10.0 Å². The fraction of sp³-hybridized carbons (Fsp3) is 0.200. The van der Waals surface area contributed by atoms with Gasteiger partial charge in [-0.2, -0.15) is 0 Å². The molecule has 1 N–H and O–H groups in total. The van der Waals surface area contributed by atoms with E-state index >= 15 is 0 Å². The monoisotopic (exact) mass is 511 g/mol. The number of Topliss-reactive ketones (excluding diaryl/α,β-unsaturated/α-hetero) is 1. The fourth-order valence-electron chi connectivity index (χ4n) is 4.33. The predicted octanol–water partition coefficient (Wildman–Crippen LogP) is 4.14. The summed E-state index contributed by atoms with van der Waals surface area (Å²) in [6, 6.07) is 23.0. The number of nitrogens with zero attached hydrogens (tertiary/aromatic N) is 2. The lowest BCUT2D eigenvalue weighted by atomic mass is 9.97. The van der Waals surface area contributed by atoms with Crippen LogP contribution in [0.1, 0.15) is 11.1 Å². The van der Waals surface area contributed by atoms with Crippen LogP contribution in [0.3, 0.4) is 0 Å². The minimum atomic E-state index is -3.68. The highest BCUT2D eigenvalue weighted by molar-refractivity contribution is 8.00. The Kier molecular flexibility index (Phi) is 6.48. The van der Waals surface area contributed by atoms with Crippen molar-refractivity contribution in [3.63, 3.8) is 0 Å². The zero-order chi connectivity index (χ0) is 23.7. The number of hydrogen-bond donors (Lipinski definition) is 1. The second-order valence-corrected chi connectivity index (χ2v) is 11.4. The number of nitrogens with one attached hydrogen (secondary N) is 1. The maximum absolute atomic E-state index is 13.1. The Morgan fingerprint density at radius 1 is 1.03 bits per heavy atom. The zero-order valence-corrected chi connectivity index (χ0v) is 20.5. The second-order valence-electron chi connectivity index (χ2n) is 8.28. The molecule has 3 aromatic rings. The van der Waals surface area contributed by atoms with E-state index in [1.165, 1.54) is 11.9 Å². The van der Waals surface area contributed by atoms with Crippen LogP contribution < -0.4 is 9.62 Å². The van der Waals surface area contributed by atoms with E-state index in [1.54, 1.807) is 30.3 Å². The third kappa shape index (κ3) is 4.77. The number of halogens is 1. The Bertz CT molecular complexity index is 1350. The molecule has 0 aliphatic carbocycles. The average molecular weight is 512 g/mol. The van der Waals surface area contributed by atoms with Gasteiger partial charge in [-0.05, 0) is 54.3 Å². The molecule has 3 aromatic carbocycles. The van der Waals surface area contributed by atoms with Gasteiger partial charge in [0.25, 0.3) is 0 Å². The Balaban J connectivity index is 1.37. The molecule has 9 heteroatoms. The molecule has 2 heterocycles. The topological polar surface area (TPSA) is 78.8 Å². The third-order valence-electron chi connectivity index (χ3n) is 5.90. The standard InChI is InChI=1S/C25H22ClN3O3S2/c26-19-11-12-22-18(13-19)14-20(28-34(31,32)21-9-5-2-6-10-21)15-29(22)16-23-25(30)24(27-33-23)17-7-3-1-4-8-17/h1-13,20,23,28H,14-16H2. The van der Waals surface area contributed by atoms with E-state index in [2.05, 4.69) is 14.0 Å². The van der Waals surface area contributed by atoms with Gasteiger partial charge in [-0.3, -0.25) is 4.79 Å². The van der Waals surface area contributed by atoms with Crippen molar-refractivity contribution < 1.29 is 13.2 Å². The SMILES string of the molecule is O=C1C(c2ccccc2)=NSC1CN1CC(NS(=O)(=O)c2ccccc2)Cc2cc(Cl)ccc21. The molecule has 0 fully saturated rings. The number of carbonyl (C=O) groups excluding carboxylic acids is 1. The number of ketones is 1. The molecule has 0 aromatic heterocycles. The Morgan fingerprint density at radius 2 is 1.74 bits per heavy atom. The summed E-state index contributed by atoms with van der Waals surface area (Å²) < 4.78 is 33.2. The van der Waals surface area contributed by atoms with Crippen molar-refractivity contribution in [3.8, 4) is 0 Å². The van der Waals surface area contributed by atoms with Crippen LogP contribution in [0, 0.1) is 0 Å². The summed E-state index contributed by atoms with van der Waals surface area (Å²) in [4.78, 5) is 15.4. The Hall–Kier alpha value is -2.65. The summed E-state index contributed by atoms with van der Waals surface area (Å²) in [6.45, 7) is 0.854. The van der Waals surface area contributed by atoms with Gasteiger partial charge < -0.3 is 4.90 Å². The third-order valence-corrected chi connectivity index (χ3v) is 8.57. The number of sulfonamides is 1. The zero-order valence-electron chi connectivity index (χ0n) is 18.1. The predicted molar refractivity (Wildman–Crippen MR) is 137 cm³/mol. The van der Waals surface area contributed by atoms with Crippen molar-refractivity contribution in [1.82, 2.24) is 4.72 Å². The summed E-state index contributed by atoms with van der Waals surface area (Å²) in [5, 5.41) is 0.217. The van der Waals surface area contributed by atoms with E-state index in [-0.39, 0.29) is 22.0 Å². The van der Waals surface area contributed by atoms with Crippen LogP contribution in [-0.2, 0) is 21.2 Å². The minimum absolute atomic E-state index is 0.0151. The van der Waals surface area contributed by atoms with Crippen molar-refractivity contribution in [1.29, 1.82) is 0 Å². The molecule has 2 aliphatic rings. The number of carbonyl (C=O) groups is 1. The highest BCUT2D eigenvalue weighted by Gasteiger charge is 2.36. The number of benzene rings is 3. The van der Waals surface area contributed by atoms with E-state index in [1.807, 2.05) is 48.5 Å². The molecular weight excluding hydrogens is 490 g/mol. The molecule has 2 atom stereocenters. The maximum Gasteiger partial charge on any atom is 0.240 e. The summed E-state index contributed by atoms with van der Waals surface area (Å²) in [5.74, 6) is -0.0151. The molecule has 2 aliphatic heterocycles. The summed E-state index contributed by atoms with van der Waals surface area (Å²) in [5.41, 5.74) is 3.19. The largest absolute Gasteiger partial charge is 0.368 e. The average Bonchev–Trinajstić information content (AvgIpc) is 3.19. The van der Waals surface area contributed by atoms with Gasteiger partial charge in [-0.1, -0.05) is 60.1 Å². The summed E-state index contributed by atoms with van der Waals surface area (Å²) >= 11 is 7.52. The first-order valence-corrected chi connectivity index (χ1v) is 13.5. The molecule has 0 spiro atoms. The van der Waals surface area contributed by atoms with Crippen LogP contribution in [-0.4, -0.2) is 44.3 Å². The molecule has 0 radical (unpaired) electrons. The highest BCUT2D eigenvalue weighted by atomic mass is 35.5. The van der Waals surface area contributed by atoms with E-state index in [4.69, 9.17) is 11.6 Å². The lowest BCUT2D eigenvalue weighted by molar-refractivity contribution is -0.112. The molecule has 0 saturated carbocycles. The van der Waals surface area contributed by atoms with Gasteiger partial charge in [-0.25, -0.2) is 17.5 Å². The Morgan fingerprint density at radius 3 is 2.47 bits per heavy atom. The highest BCUT2D eigenvalue weighted by Crippen LogP contribution is 2.33. The maximum atomic E-state index is 13.1. The van der Waals surface area contributed by atoms with Gasteiger partial charge in [0, 0.05) is 35.4 Å². The van der Waals surface area contributed by atoms with Crippen molar-refractivity contribution in [2.75, 3.05) is 18.0 Å². The van der Waals surface area contributed by atoms with Crippen molar-refractivity contribution in [2.45, 2.75) is 22.6 Å². The van der Waals surface area contributed by atoms with Gasteiger partial charge in [-0.15, -0.1) is 0 Å². The minimum Gasteiger partial charge on any atom is -0.368 e.